The molecule has 0 unspecified atom stereocenters. The molecule has 0 saturated heterocycles. The minimum atomic E-state index is 0. The average Bonchev–Trinajstić information content (AvgIpc) is 2.90. The zero-order chi connectivity index (χ0) is 26.8. The van der Waals surface area contributed by atoms with Gasteiger partial charge in [0.25, 0.3) is 0 Å². The number of para-hydroxylation sites is 6. The Morgan fingerprint density at radius 2 is 0.611 bits per heavy atom. The molecule has 6 nitrogen and oxygen atoms in total. The quantitative estimate of drug-likeness (QED) is 0.276. The molecule has 200 valence electrons. The number of nitrogens with zero attached hydrogens (tertiary/aromatic N) is 6. The second-order valence-electron chi connectivity index (χ2n) is 7.82. The van der Waals surface area contributed by atoms with Crippen LogP contribution in [-0.4, -0.2) is 63.4 Å². The smallest absolute Gasteiger partial charge is 0.685 e. The summed E-state index contributed by atoms with van der Waals surface area (Å²) >= 11 is 0. The van der Waals surface area contributed by atoms with Crippen LogP contribution in [0.15, 0.2) is 72.8 Å². The SMILES string of the molecule is CC.C[N-]c1ccccc1N(C)C.C[N-]c1ccccc1N(C)C.C[N-]c1ccccc1N(C)C.[Rh+3]. The van der Waals surface area contributed by atoms with Crippen LogP contribution >= 0.6 is 0 Å². The Hall–Kier alpha value is -2.92. The third kappa shape index (κ3) is 12.2. The van der Waals surface area contributed by atoms with Gasteiger partial charge in [0.15, 0.2) is 0 Å². The molecule has 0 radical (unpaired) electrons. The van der Waals surface area contributed by atoms with Gasteiger partial charge in [-0.05, 0) is 18.2 Å². The fourth-order valence-electron chi connectivity index (χ4n) is 3.09. The van der Waals surface area contributed by atoms with E-state index in [-0.39, 0.29) is 19.5 Å². The third-order valence-corrected chi connectivity index (χ3v) is 4.81. The van der Waals surface area contributed by atoms with Gasteiger partial charge in [-0.3, -0.25) is 0 Å². The molecule has 3 rings (SSSR count). The summed E-state index contributed by atoms with van der Waals surface area (Å²) in [6, 6.07) is 24.2. The van der Waals surface area contributed by atoms with E-state index in [1.165, 1.54) is 0 Å². The summed E-state index contributed by atoms with van der Waals surface area (Å²) in [4.78, 5) is 6.17. The number of rotatable bonds is 6. The van der Waals surface area contributed by atoms with E-state index in [0.717, 1.165) is 34.1 Å². The van der Waals surface area contributed by atoms with Crippen molar-refractivity contribution < 1.29 is 19.5 Å². The third-order valence-electron chi connectivity index (χ3n) is 4.81. The summed E-state index contributed by atoms with van der Waals surface area (Å²) < 4.78 is 0. The Morgan fingerprint density at radius 3 is 0.750 bits per heavy atom. The van der Waals surface area contributed by atoms with Crippen LogP contribution in [0.2, 0.25) is 0 Å². The van der Waals surface area contributed by atoms with Crippen molar-refractivity contribution in [3.63, 3.8) is 0 Å². The Bertz CT molecular complexity index is 822. The Morgan fingerprint density at radius 1 is 0.417 bits per heavy atom. The van der Waals surface area contributed by atoms with E-state index in [2.05, 4.69) is 48.8 Å². The van der Waals surface area contributed by atoms with Crippen LogP contribution in [0.4, 0.5) is 34.1 Å². The van der Waals surface area contributed by atoms with Crippen molar-refractivity contribution in [3.05, 3.63) is 88.7 Å². The molecule has 0 amide bonds. The fourth-order valence-corrected chi connectivity index (χ4v) is 3.09. The first-order chi connectivity index (χ1) is 16.8. The normalized spacial score (nSPS) is 8.75. The maximum absolute atomic E-state index is 4.15. The number of hydrogen-bond donors (Lipinski definition) is 0. The van der Waals surface area contributed by atoms with Crippen molar-refractivity contribution in [2.75, 3.05) is 78.1 Å². The van der Waals surface area contributed by atoms with Crippen LogP contribution in [0.3, 0.4) is 0 Å². The summed E-state index contributed by atoms with van der Waals surface area (Å²) in [6.45, 7) is 4.00. The van der Waals surface area contributed by atoms with Crippen molar-refractivity contribution >= 4 is 34.1 Å². The molecule has 0 atom stereocenters. The summed E-state index contributed by atoms with van der Waals surface area (Å²) in [6.07, 6.45) is 0. The van der Waals surface area contributed by atoms with E-state index in [1.807, 2.05) is 132 Å². The monoisotopic (exact) mass is 580 g/mol. The second-order valence-corrected chi connectivity index (χ2v) is 7.82. The molecule has 36 heavy (non-hydrogen) atoms. The Labute approximate surface area is 233 Å². The van der Waals surface area contributed by atoms with Gasteiger partial charge >= 0.3 is 19.5 Å². The van der Waals surface area contributed by atoms with Crippen molar-refractivity contribution in [2.45, 2.75) is 13.8 Å². The Balaban J connectivity index is 0. The van der Waals surface area contributed by atoms with Crippen LogP contribution in [-0.2, 0) is 19.5 Å². The predicted molar refractivity (Wildman–Crippen MR) is 160 cm³/mol. The molecule has 0 aromatic heterocycles. The molecule has 0 aliphatic rings. The second kappa shape index (κ2) is 20.3. The maximum Gasteiger partial charge on any atom is 3.00 e. The molecule has 0 spiro atoms. The zero-order valence-corrected chi connectivity index (χ0v) is 25.6. The van der Waals surface area contributed by atoms with Gasteiger partial charge in [-0.2, -0.15) is 0 Å². The van der Waals surface area contributed by atoms with Gasteiger partial charge in [-0.1, -0.05) is 68.4 Å². The van der Waals surface area contributed by atoms with Gasteiger partial charge in [0.1, 0.15) is 0 Å². The molecule has 7 heteroatoms. The summed E-state index contributed by atoms with van der Waals surface area (Å²) in [5, 5.41) is 12.5. The molecule has 0 N–H and O–H groups in total. The van der Waals surface area contributed by atoms with Crippen LogP contribution < -0.4 is 14.7 Å². The van der Waals surface area contributed by atoms with Crippen molar-refractivity contribution in [2.24, 2.45) is 0 Å². The number of anilines is 3. The summed E-state index contributed by atoms with van der Waals surface area (Å²) in [5.74, 6) is 0. The van der Waals surface area contributed by atoms with E-state index in [0.29, 0.717) is 0 Å². The van der Waals surface area contributed by atoms with Crippen molar-refractivity contribution in [1.29, 1.82) is 0 Å². The Kier molecular flexibility index (Phi) is 19.9. The summed E-state index contributed by atoms with van der Waals surface area (Å²) in [7, 11) is 17.5. The first-order valence-corrected chi connectivity index (χ1v) is 11.8. The largest absolute Gasteiger partial charge is 3.00 e. The van der Waals surface area contributed by atoms with Crippen LogP contribution in [0.5, 0.6) is 0 Å². The predicted octanol–water partition coefficient (Wildman–Crippen LogP) is 8.19. The van der Waals surface area contributed by atoms with E-state index >= 15 is 0 Å². The van der Waals surface area contributed by atoms with E-state index in [9.17, 15) is 0 Å². The molecule has 0 saturated carbocycles. The molecule has 3 aromatic carbocycles. The zero-order valence-electron chi connectivity index (χ0n) is 23.9. The molecule has 0 aliphatic carbocycles. The van der Waals surface area contributed by atoms with Gasteiger partial charge in [-0.15, -0.1) is 38.2 Å². The molecule has 0 heterocycles. The van der Waals surface area contributed by atoms with Gasteiger partial charge < -0.3 is 30.7 Å². The first-order valence-electron chi connectivity index (χ1n) is 11.8. The first kappa shape index (κ1) is 35.2. The fraction of sp³-hybridized carbons (Fsp3) is 0.379. The van der Waals surface area contributed by atoms with Crippen LogP contribution in [0.25, 0.3) is 16.0 Å². The van der Waals surface area contributed by atoms with Gasteiger partial charge in [0.05, 0.1) is 0 Å². The molecule has 0 aliphatic heterocycles. The number of benzene rings is 3. The minimum absolute atomic E-state index is 0. The molecule has 0 fully saturated rings. The van der Waals surface area contributed by atoms with Crippen LogP contribution in [0, 0.1) is 0 Å². The summed E-state index contributed by atoms with van der Waals surface area (Å²) in [5.41, 5.74) is 6.60. The number of hydrogen-bond acceptors (Lipinski definition) is 3. The average molecular weight is 581 g/mol. The maximum atomic E-state index is 4.15. The molecule has 3 aromatic rings. The van der Waals surface area contributed by atoms with Crippen molar-refractivity contribution in [1.82, 2.24) is 0 Å². The van der Waals surface area contributed by atoms with Gasteiger partial charge in [0.2, 0.25) is 0 Å². The van der Waals surface area contributed by atoms with E-state index < -0.39 is 0 Å². The van der Waals surface area contributed by atoms with E-state index in [1.54, 1.807) is 0 Å². The van der Waals surface area contributed by atoms with E-state index in [4.69, 9.17) is 0 Å². The van der Waals surface area contributed by atoms with Gasteiger partial charge in [-0.25, -0.2) is 0 Å². The molecule has 0 bridgehead atoms. The van der Waals surface area contributed by atoms with Crippen LogP contribution in [0.1, 0.15) is 13.8 Å². The topological polar surface area (TPSA) is 52.0 Å². The van der Waals surface area contributed by atoms with Crippen molar-refractivity contribution in [3.8, 4) is 0 Å². The molecular weight excluding hydrogens is 535 g/mol. The minimum Gasteiger partial charge on any atom is -0.685 e. The standard InChI is InChI=1S/3C9H13N2.C2H6.Rh/c3*1-10-8-6-4-5-7-9(8)11(2)3;1-2;/h3*4-7H,1-3H3;1-2H3;/q3*-1;;+3. The van der Waals surface area contributed by atoms with Gasteiger partial charge in [0, 0.05) is 59.3 Å². The molecular formula is C29H45N6Rh.